The summed E-state index contributed by atoms with van der Waals surface area (Å²) in [6.45, 7) is 0. The molecule has 1 aliphatic carbocycles. The van der Waals surface area contributed by atoms with Crippen LogP contribution in [0.3, 0.4) is 0 Å². The third-order valence-electron chi connectivity index (χ3n) is 2.39. The van der Waals surface area contributed by atoms with Crippen LogP contribution in [0.1, 0.15) is 19.3 Å². The summed E-state index contributed by atoms with van der Waals surface area (Å²) in [5.41, 5.74) is 6.09. The fourth-order valence-electron chi connectivity index (χ4n) is 1.71. The van der Waals surface area contributed by atoms with E-state index in [0.29, 0.717) is 10.9 Å². The summed E-state index contributed by atoms with van der Waals surface area (Å²) in [7, 11) is 0. The van der Waals surface area contributed by atoms with Crippen LogP contribution in [0.25, 0.3) is 0 Å². The van der Waals surface area contributed by atoms with Crippen molar-refractivity contribution in [3.63, 3.8) is 0 Å². The summed E-state index contributed by atoms with van der Waals surface area (Å²) in [4.78, 5) is 0.920. The lowest BCUT2D eigenvalue weighted by Gasteiger charge is -2.15. The van der Waals surface area contributed by atoms with Gasteiger partial charge in [0.2, 0.25) is 0 Å². The minimum Gasteiger partial charge on any atom is -0.399 e. The maximum atomic E-state index is 13.1. The molecule has 0 heterocycles. The van der Waals surface area contributed by atoms with Gasteiger partial charge < -0.3 is 5.73 Å². The second kappa shape index (κ2) is 4.71. The van der Waals surface area contributed by atoms with Gasteiger partial charge >= 0.3 is 0 Å². The van der Waals surface area contributed by atoms with E-state index in [4.69, 9.17) is 5.73 Å². The normalized spacial score (nSPS) is 20.5. The lowest BCUT2D eigenvalue weighted by Crippen LogP contribution is -2.02. The van der Waals surface area contributed by atoms with E-state index in [2.05, 4.69) is 12.2 Å². The van der Waals surface area contributed by atoms with Crippen LogP contribution in [-0.4, -0.2) is 5.25 Å². The van der Waals surface area contributed by atoms with Crippen molar-refractivity contribution in [3.05, 3.63) is 36.2 Å². The van der Waals surface area contributed by atoms with Gasteiger partial charge in [-0.2, -0.15) is 0 Å². The number of nitrogen functional groups attached to an aromatic ring is 1. The quantitative estimate of drug-likeness (QED) is 0.612. The molecule has 1 unspecified atom stereocenters. The molecule has 0 fully saturated rings. The molecule has 2 rings (SSSR count). The molecule has 1 atom stereocenters. The third-order valence-corrected chi connectivity index (χ3v) is 3.59. The van der Waals surface area contributed by atoms with Crippen molar-refractivity contribution in [3.8, 4) is 0 Å². The van der Waals surface area contributed by atoms with Gasteiger partial charge in [-0.05, 0) is 37.5 Å². The van der Waals surface area contributed by atoms with E-state index >= 15 is 0 Å². The predicted molar refractivity (Wildman–Crippen MR) is 63.4 cm³/mol. The Bertz CT molecular complexity index is 356. The van der Waals surface area contributed by atoms with Crippen LogP contribution in [-0.2, 0) is 0 Å². The molecule has 0 amide bonds. The molecular weight excluding hydrogens is 209 g/mol. The number of thioether (sulfide) groups is 1. The largest absolute Gasteiger partial charge is 0.399 e. The van der Waals surface area contributed by atoms with Gasteiger partial charge in [-0.1, -0.05) is 12.2 Å². The molecule has 0 aromatic heterocycles. The fraction of sp³-hybridized carbons (Fsp3) is 0.333. The van der Waals surface area contributed by atoms with Crippen molar-refractivity contribution in [1.29, 1.82) is 0 Å². The molecule has 2 N–H and O–H groups in total. The Balaban J connectivity index is 2.09. The van der Waals surface area contributed by atoms with Crippen molar-refractivity contribution < 1.29 is 4.39 Å². The highest BCUT2D eigenvalue weighted by Crippen LogP contribution is 2.31. The van der Waals surface area contributed by atoms with Crippen molar-refractivity contribution in [2.24, 2.45) is 0 Å². The highest BCUT2D eigenvalue weighted by molar-refractivity contribution is 8.00. The van der Waals surface area contributed by atoms with Crippen molar-refractivity contribution in [2.75, 3.05) is 5.73 Å². The number of nitrogens with two attached hydrogens (primary N) is 1. The molecule has 1 nitrogen and oxygen atoms in total. The summed E-state index contributed by atoms with van der Waals surface area (Å²) >= 11 is 1.69. The number of halogens is 1. The molecule has 1 aromatic carbocycles. The molecular formula is C12H14FNS. The van der Waals surface area contributed by atoms with E-state index in [0.717, 1.165) is 11.3 Å². The number of rotatable bonds is 2. The number of anilines is 1. The van der Waals surface area contributed by atoms with E-state index in [-0.39, 0.29) is 5.82 Å². The fourth-order valence-corrected chi connectivity index (χ4v) is 2.92. The molecule has 0 aliphatic heterocycles. The second-order valence-electron chi connectivity index (χ2n) is 3.74. The molecule has 0 bridgehead atoms. The van der Waals surface area contributed by atoms with Crippen LogP contribution in [0, 0.1) is 5.82 Å². The Labute approximate surface area is 93.6 Å². The number of hydrogen-bond donors (Lipinski definition) is 1. The van der Waals surface area contributed by atoms with Crippen LogP contribution in [0.2, 0.25) is 0 Å². The first-order chi connectivity index (χ1) is 7.24. The second-order valence-corrected chi connectivity index (χ2v) is 5.05. The maximum Gasteiger partial charge on any atom is 0.126 e. The predicted octanol–water partition coefficient (Wildman–Crippen LogP) is 3.61. The van der Waals surface area contributed by atoms with Gasteiger partial charge in [0.05, 0.1) is 0 Å². The topological polar surface area (TPSA) is 26.0 Å². The third kappa shape index (κ3) is 2.99. The molecule has 0 saturated heterocycles. The summed E-state index contributed by atoms with van der Waals surface area (Å²) in [6, 6.07) is 4.72. The average Bonchev–Trinajstić information content (AvgIpc) is 2.17. The van der Waals surface area contributed by atoms with E-state index in [1.807, 2.05) is 6.07 Å². The average molecular weight is 223 g/mol. The molecule has 15 heavy (non-hydrogen) atoms. The lowest BCUT2D eigenvalue weighted by atomic mass is 10.1. The van der Waals surface area contributed by atoms with Gasteiger partial charge in [0.15, 0.2) is 0 Å². The number of benzene rings is 1. The zero-order valence-electron chi connectivity index (χ0n) is 8.45. The first kappa shape index (κ1) is 10.6. The first-order valence-electron chi connectivity index (χ1n) is 5.13. The minimum atomic E-state index is -0.253. The van der Waals surface area contributed by atoms with E-state index in [1.165, 1.54) is 18.9 Å². The molecule has 0 saturated carbocycles. The Morgan fingerprint density at radius 3 is 2.87 bits per heavy atom. The van der Waals surface area contributed by atoms with Crippen LogP contribution in [0.5, 0.6) is 0 Å². The van der Waals surface area contributed by atoms with Crippen molar-refractivity contribution in [1.82, 2.24) is 0 Å². The van der Waals surface area contributed by atoms with Gasteiger partial charge in [0.1, 0.15) is 5.82 Å². The SMILES string of the molecule is Nc1cc(F)cc(SC2C=CCCC2)c1. The monoisotopic (exact) mass is 223 g/mol. The molecule has 0 radical (unpaired) electrons. The van der Waals surface area contributed by atoms with Gasteiger partial charge in [0, 0.05) is 15.8 Å². The molecule has 1 aliphatic rings. The van der Waals surface area contributed by atoms with Gasteiger partial charge in [-0.25, -0.2) is 4.39 Å². The Kier molecular flexibility index (Phi) is 3.31. The summed E-state index contributed by atoms with van der Waals surface area (Å²) in [5.74, 6) is -0.253. The van der Waals surface area contributed by atoms with Gasteiger partial charge in [-0.3, -0.25) is 0 Å². The van der Waals surface area contributed by atoms with E-state index in [9.17, 15) is 4.39 Å². The zero-order valence-corrected chi connectivity index (χ0v) is 9.27. The van der Waals surface area contributed by atoms with Gasteiger partial charge in [0.25, 0.3) is 0 Å². The van der Waals surface area contributed by atoms with Crippen LogP contribution in [0.4, 0.5) is 10.1 Å². The smallest absolute Gasteiger partial charge is 0.126 e. The molecule has 80 valence electrons. The molecule has 0 spiro atoms. The lowest BCUT2D eigenvalue weighted by molar-refractivity contribution is 0.625. The zero-order chi connectivity index (χ0) is 10.7. The minimum absolute atomic E-state index is 0.253. The van der Waals surface area contributed by atoms with Crippen molar-refractivity contribution >= 4 is 17.4 Å². The van der Waals surface area contributed by atoms with Gasteiger partial charge in [-0.15, -0.1) is 11.8 Å². The summed E-state index contributed by atoms with van der Waals surface area (Å²) in [6.07, 6.45) is 7.96. The summed E-state index contributed by atoms with van der Waals surface area (Å²) < 4.78 is 13.1. The first-order valence-corrected chi connectivity index (χ1v) is 6.01. The van der Waals surface area contributed by atoms with E-state index in [1.54, 1.807) is 17.8 Å². The maximum absolute atomic E-state index is 13.1. The van der Waals surface area contributed by atoms with Crippen molar-refractivity contribution in [2.45, 2.75) is 29.4 Å². The van der Waals surface area contributed by atoms with Crippen LogP contribution >= 0.6 is 11.8 Å². The highest BCUT2D eigenvalue weighted by atomic mass is 32.2. The molecule has 1 aromatic rings. The Morgan fingerprint density at radius 2 is 2.20 bits per heavy atom. The van der Waals surface area contributed by atoms with Crippen LogP contribution < -0.4 is 5.73 Å². The Morgan fingerprint density at radius 1 is 1.33 bits per heavy atom. The van der Waals surface area contributed by atoms with Crippen LogP contribution in [0.15, 0.2) is 35.2 Å². The summed E-state index contributed by atoms with van der Waals surface area (Å²) in [5, 5.41) is 0.472. The Hall–Kier alpha value is -0.960. The molecule has 3 heteroatoms. The standard InChI is InChI=1S/C12H14FNS/c13-9-6-10(14)8-12(7-9)15-11-4-2-1-3-5-11/h2,4,6-8,11H,1,3,5,14H2. The highest BCUT2D eigenvalue weighted by Gasteiger charge is 2.10. The number of hydrogen-bond acceptors (Lipinski definition) is 2. The number of allylic oxidation sites excluding steroid dienone is 1. The van der Waals surface area contributed by atoms with E-state index < -0.39 is 0 Å².